The Hall–Kier alpha value is -3.38. The molecule has 2 N–H and O–H groups in total. The Morgan fingerprint density at radius 2 is 1.68 bits per heavy atom. The minimum absolute atomic E-state index is 0.0808. The molecule has 0 saturated heterocycles. The van der Waals surface area contributed by atoms with Crippen LogP contribution >= 0.6 is 11.8 Å². The van der Waals surface area contributed by atoms with Crippen molar-refractivity contribution in [3.05, 3.63) is 84.6 Å². The molecular weight excluding hydrogens is 404 g/mol. The van der Waals surface area contributed by atoms with Gasteiger partial charge in [-0.15, -0.1) is 0 Å². The van der Waals surface area contributed by atoms with Crippen molar-refractivity contribution in [3.8, 4) is 22.5 Å². The molecule has 2 aromatic heterocycles. The molecule has 2 heterocycles. The van der Waals surface area contributed by atoms with E-state index < -0.39 is 0 Å². The number of carbonyl (C=O) groups excluding carboxylic acids is 1. The molecule has 4 aromatic rings. The molecule has 0 aliphatic rings. The predicted molar refractivity (Wildman–Crippen MR) is 127 cm³/mol. The zero-order chi connectivity index (χ0) is 21.6. The molecule has 1 atom stereocenters. The molecule has 5 nitrogen and oxygen atoms in total. The van der Waals surface area contributed by atoms with Gasteiger partial charge in [-0.3, -0.25) is 4.79 Å². The Kier molecular flexibility index (Phi) is 6.48. The highest BCUT2D eigenvalue weighted by molar-refractivity contribution is 8.00. The van der Waals surface area contributed by atoms with E-state index in [9.17, 15) is 4.79 Å². The maximum absolute atomic E-state index is 12.9. The van der Waals surface area contributed by atoms with E-state index in [1.807, 2.05) is 74.5 Å². The van der Waals surface area contributed by atoms with Crippen LogP contribution in [0.3, 0.4) is 0 Å². The van der Waals surface area contributed by atoms with E-state index in [-0.39, 0.29) is 11.2 Å². The molecule has 1 unspecified atom stereocenters. The number of hydrogen-bond donors (Lipinski definition) is 2. The molecule has 31 heavy (non-hydrogen) atoms. The second-order valence-electron chi connectivity index (χ2n) is 7.22. The standard InChI is InChI=1S/C25H24N4OS/c1-3-20(24(30)27-21-15-14-17(2)16-26-21)31-25-28-22(18-10-6-4-7-11-18)23(29-25)19-12-8-5-9-13-19/h4-16,20H,3H2,1-2H3,(H,28,29)(H,26,27,30). The van der Waals surface area contributed by atoms with E-state index in [0.29, 0.717) is 12.2 Å². The number of nitrogens with one attached hydrogen (secondary N) is 2. The zero-order valence-corrected chi connectivity index (χ0v) is 18.3. The fraction of sp³-hybridized carbons (Fsp3) is 0.160. The van der Waals surface area contributed by atoms with Crippen LogP contribution in [0, 0.1) is 6.92 Å². The second kappa shape index (κ2) is 9.62. The molecule has 0 aliphatic carbocycles. The third kappa shape index (κ3) is 5.03. The lowest BCUT2D eigenvalue weighted by molar-refractivity contribution is -0.115. The van der Waals surface area contributed by atoms with Crippen molar-refractivity contribution in [2.45, 2.75) is 30.7 Å². The van der Waals surface area contributed by atoms with Crippen LogP contribution in [0.4, 0.5) is 5.82 Å². The molecule has 0 fully saturated rings. The van der Waals surface area contributed by atoms with E-state index in [1.165, 1.54) is 11.8 Å². The van der Waals surface area contributed by atoms with E-state index in [1.54, 1.807) is 6.20 Å². The monoisotopic (exact) mass is 428 g/mol. The molecule has 0 spiro atoms. The molecule has 156 valence electrons. The number of benzene rings is 2. The highest BCUT2D eigenvalue weighted by Crippen LogP contribution is 2.34. The first-order valence-corrected chi connectivity index (χ1v) is 11.1. The van der Waals surface area contributed by atoms with Crippen molar-refractivity contribution in [2.75, 3.05) is 5.32 Å². The average Bonchev–Trinajstić information content (AvgIpc) is 3.24. The quantitative estimate of drug-likeness (QED) is 0.357. The Morgan fingerprint density at radius 1 is 1.00 bits per heavy atom. The van der Waals surface area contributed by atoms with Gasteiger partial charge in [-0.1, -0.05) is 85.4 Å². The van der Waals surface area contributed by atoms with Crippen molar-refractivity contribution in [2.24, 2.45) is 0 Å². The number of rotatable bonds is 7. The molecule has 0 saturated carbocycles. The molecule has 0 radical (unpaired) electrons. The summed E-state index contributed by atoms with van der Waals surface area (Å²) in [5.74, 6) is 0.479. The number of amides is 1. The first-order chi connectivity index (χ1) is 15.1. The van der Waals surface area contributed by atoms with Gasteiger partial charge in [0.05, 0.1) is 16.6 Å². The number of aromatic nitrogens is 3. The van der Waals surface area contributed by atoms with E-state index in [2.05, 4.69) is 27.4 Å². The van der Waals surface area contributed by atoms with Gasteiger partial charge >= 0.3 is 0 Å². The smallest absolute Gasteiger partial charge is 0.239 e. The number of thioether (sulfide) groups is 1. The van der Waals surface area contributed by atoms with E-state index >= 15 is 0 Å². The number of aromatic amines is 1. The van der Waals surface area contributed by atoms with Crippen molar-refractivity contribution in [3.63, 3.8) is 0 Å². The van der Waals surface area contributed by atoms with Gasteiger partial charge in [0.15, 0.2) is 5.16 Å². The van der Waals surface area contributed by atoms with Crippen LogP contribution in [0.15, 0.2) is 84.1 Å². The number of hydrogen-bond acceptors (Lipinski definition) is 4. The van der Waals surface area contributed by atoms with Gasteiger partial charge in [-0.05, 0) is 25.0 Å². The Morgan fingerprint density at radius 3 is 2.29 bits per heavy atom. The topological polar surface area (TPSA) is 70.7 Å². The zero-order valence-electron chi connectivity index (χ0n) is 17.5. The summed E-state index contributed by atoms with van der Waals surface area (Å²) in [6.07, 6.45) is 2.42. The highest BCUT2D eigenvalue weighted by atomic mass is 32.2. The molecular formula is C25H24N4OS. The van der Waals surface area contributed by atoms with Crippen molar-refractivity contribution in [1.82, 2.24) is 15.0 Å². The number of nitrogens with zero attached hydrogens (tertiary/aromatic N) is 2. The van der Waals surface area contributed by atoms with Gasteiger partial charge in [0.1, 0.15) is 5.82 Å². The predicted octanol–water partition coefficient (Wildman–Crippen LogP) is 5.96. The van der Waals surface area contributed by atoms with Crippen molar-refractivity contribution >= 4 is 23.5 Å². The lowest BCUT2D eigenvalue weighted by atomic mass is 10.1. The van der Waals surface area contributed by atoms with Crippen LogP contribution < -0.4 is 5.32 Å². The number of anilines is 1. The van der Waals surface area contributed by atoms with Crippen LogP contribution in [0.2, 0.25) is 0 Å². The van der Waals surface area contributed by atoms with E-state index in [0.717, 1.165) is 33.2 Å². The van der Waals surface area contributed by atoms with Crippen molar-refractivity contribution < 1.29 is 4.79 Å². The summed E-state index contributed by atoms with van der Waals surface area (Å²) in [5.41, 5.74) is 4.97. The molecule has 0 bridgehead atoms. The minimum Gasteiger partial charge on any atom is -0.332 e. The summed E-state index contributed by atoms with van der Waals surface area (Å²) in [4.78, 5) is 25.4. The SMILES string of the molecule is CCC(Sc1nc(-c2ccccc2)c(-c2ccccc2)[nH]1)C(=O)Nc1ccc(C)cn1. The number of H-pyrrole nitrogens is 1. The molecule has 4 rings (SSSR count). The van der Waals surface area contributed by atoms with Gasteiger partial charge in [0, 0.05) is 17.3 Å². The first-order valence-electron chi connectivity index (χ1n) is 10.2. The summed E-state index contributed by atoms with van der Waals surface area (Å²) in [6, 6.07) is 24.0. The van der Waals surface area contributed by atoms with Gasteiger partial charge in [-0.2, -0.15) is 0 Å². The fourth-order valence-corrected chi connectivity index (χ4v) is 4.14. The Balaban J connectivity index is 1.60. The van der Waals surface area contributed by atoms with Crippen LogP contribution in [-0.4, -0.2) is 26.1 Å². The van der Waals surface area contributed by atoms with Gasteiger partial charge in [0.2, 0.25) is 5.91 Å². The molecule has 1 amide bonds. The summed E-state index contributed by atoms with van der Waals surface area (Å²) in [5, 5.41) is 3.34. The molecule has 0 aliphatic heterocycles. The van der Waals surface area contributed by atoms with Crippen LogP contribution in [-0.2, 0) is 4.79 Å². The number of pyridine rings is 1. The highest BCUT2D eigenvalue weighted by Gasteiger charge is 2.22. The van der Waals surface area contributed by atoms with Crippen molar-refractivity contribution in [1.29, 1.82) is 0 Å². The third-order valence-corrected chi connectivity index (χ3v) is 6.12. The third-order valence-electron chi connectivity index (χ3n) is 4.87. The first kappa shape index (κ1) is 20.9. The molecule has 2 aromatic carbocycles. The van der Waals surface area contributed by atoms with Crippen LogP contribution in [0.25, 0.3) is 22.5 Å². The normalized spacial score (nSPS) is 11.8. The second-order valence-corrected chi connectivity index (χ2v) is 8.41. The summed E-state index contributed by atoms with van der Waals surface area (Å²) in [6.45, 7) is 3.97. The maximum atomic E-state index is 12.9. The molecule has 6 heteroatoms. The summed E-state index contributed by atoms with van der Waals surface area (Å²) < 4.78 is 0. The number of imidazole rings is 1. The lowest BCUT2D eigenvalue weighted by Crippen LogP contribution is -2.25. The van der Waals surface area contributed by atoms with Gasteiger partial charge < -0.3 is 10.3 Å². The number of aryl methyl sites for hydroxylation is 1. The van der Waals surface area contributed by atoms with Crippen LogP contribution in [0.5, 0.6) is 0 Å². The van der Waals surface area contributed by atoms with Crippen LogP contribution in [0.1, 0.15) is 18.9 Å². The summed E-state index contributed by atoms with van der Waals surface area (Å²) >= 11 is 1.44. The average molecular weight is 429 g/mol. The minimum atomic E-state index is -0.290. The van der Waals surface area contributed by atoms with E-state index in [4.69, 9.17) is 4.98 Å². The van der Waals surface area contributed by atoms with Gasteiger partial charge in [0.25, 0.3) is 0 Å². The summed E-state index contributed by atoms with van der Waals surface area (Å²) in [7, 11) is 0. The number of carbonyl (C=O) groups is 1. The largest absolute Gasteiger partial charge is 0.332 e. The lowest BCUT2D eigenvalue weighted by Gasteiger charge is -2.13. The van der Waals surface area contributed by atoms with Gasteiger partial charge in [-0.25, -0.2) is 9.97 Å². The Labute approximate surface area is 186 Å². The Bertz CT molecular complexity index is 1080. The maximum Gasteiger partial charge on any atom is 0.239 e. The fourth-order valence-electron chi connectivity index (χ4n) is 3.23.